The molecule has 0 aromatic heterocycles. The van der Waals surface area contributed by atoms with Gasteiger partial charge in [-0.15, -0.1) is 0 Å². The van der Waals surface area contributed by atoms with Crippen molar-refractivity contribution in [3.8, 4) is 0 Å². The van der Waals surface area contributed by atoms with E-state index in [0.29, 0.717) is 6.04 Å². The second kappa shape index (κ2) is 4.98. The lowest BCUT2D eigenvalue weighted by Crippen LogP contribution is -2.26. The average molecular weight is 219 g/mol. The van der Waals surface area contributed by atoms with Crippen LogP contribution in [-0.4, -0.2) is 29.6 Å². The fraction of sp³-hybridized carbons (Fsp3) is 0.571. The molecule has 88 valence electrons. The topological polar surface area (TPSA) is 23.5 Å². The molecule has 1 aromatic carbocycles. The predicted molar refractivity (Wildman–Crippen MR) is 66.4 cm³/mol. The van der Waals surface area contributed by atoms with Gasteiger partial charge in [0.25, 0.3) is 0 Å². The molecule has 16 heavy (non-hydrogen) atoms. The van der Waals surface area contributed by atoms with E-state index in [1.165, 1.54) is 18.4 Å². The van der Waals surface area contributed by atoms with Crippen molar-refractivity contribution in [2.24, 2.45) is 0 Å². The van der Waals surface area contributed by atoms with E-state index in [9.17, 15) is 5.11 Å². The van der Waals surface area contributed by atoms with Gasteiger partial charge in [-0.05, 0) is 37.4 Å². The zero-order valence-electron chi connectivity index (χ0n) is 10.2. The largest absolute Gasteiger partial charge is 0.387 e. The molecule has 1 fully saturated rings. The van der Waals surface area contributed by atoms with Gasteiger partial charge < -0.3 is 10.0 Å². The van der Waals surface area contributed by atoms with Crippen molar-refractivity contribution >= 4 is 0 Å². The normalized spacial score (nSPS) is 17.8. The number of benzene rings is 1. The van der Waals surface area contributed by atoms with Crippen molar-refractivity contribution in [2.75, 3.05) is 13.6 Å². The summed E-state index contributed by atoms with van der Waals surface area (Å²) in [6.45, 7) is 2.89. The summed E-state index contributed by atoms with van der Waals surface area (Å²) in [5.41, 5.74) is 2.36. The molecule has 2 rings (SSSR count). The van der Waals surface area contributed by atoms with Crippen molar-refractivity contribution < 1.29 is 5.11 Å². The van der Waals surface area contributed by atoms with Crippen LogP contribution in [0.15, 0.2) is 24.3 Å². The van der Waals surface area contributed by atoms with Crippen LogP contribution in [0.4, 0.5) is 0 Å². The Morgan fingerprint density at radius 2 is 1.94 bits per heavy atom. The molecule has 2 nitrogen and oxygen atoms in total. The van der Waals surface area contributed by atoms with Crippen LogP contribution in [0, 0.1) is 0 Å². The Morgan fingerprint density at radius 1 is 1.31 bits per heavy atom. The number of aryl methyl sites for hydroxylation is 1. The van der Waals surface area contributed by atoms with Gasteiger partial charge in [0.05, 0.1) is 6.10 Å². The van der Waals surface area contributed by atoms with Crippen LogP contribution in [-0.2, 0) is 6.42 Å². The molecule has 0 amide bonds. The lowest BCUT2D eigenvalue weighted by Gasteiger charge is -2.20. The SMILES string of the molecule is CCc1ccc(C(O)CN(C)C2CC2)cc1. The summed E-state index contributed by atoms with van der Waals surface area (Å²) >= 11 is 0. The predicted octanol–water partition coefficient (Wildman–Crippen LogP) is 2.38. The van der Waals surface area contributed by atoms with Crippen LogP contribution in [0.25, 0.3) is 0 Å². The van der Waals surface area contributed by atoms with Crippen LogP contribution < -0.4 is 0 Å². The Bertz CT molecular complexity index is 329. The van der Waals surface area contributed by atoms with Gasteiger partial charge in [-0.25, -0.2) is 0 Å². The zero-order valence-corrected chi connectivity index (χ0v) is 10.2. The van der Waals surface area contributed by atoms with E-state index >= 15 is 0 Å². The van der Waals surface area contributed by atoms with Crippen LogP contribution in [0.1, 0.15) is 37.0 Å². The summed E-state index contributed by atoms with van der Waals surface area (Å²) < 4.78 is 0. The standard InChI is InChI=1S/C14H21NO/c1-3-11-4-6-12(7-5-11)14(16)10-15(2)13-8-9-13/h4-7,13-14,16H,3,8-10H2,1-2H3. The number of aliphatic hydroxyl groups excluding tert-OH is 1. The van der Waals surface area contributed by atoms with Gasteiger partial charge in [-0.2, -0.15) is 0 Å². The van der Waals surface area contributed by atoms with Crippen molar-refractivity contribution in [1.29, 1.82) is 0 Å². The van der Waals surface area contributed by atoms with E-state index in [0.717, 1.165) is 18.5 Å². The molecule has 1 aromatic rings. The van der Waals surface area contributed by atoms with E-state index in [4.69, 9.17) is 0 Å². The molecule has 0 heterocycles. The summed E-state index contributed by atoms with van der Waals surface area (Å²) in [6.07, 6.45) is 3.28. The molecule has 0 radical (unpaired) electrons. The number of hydrogen-bond donors (Lipinski definition) is 1. The van der Waals surface area contributed by atoms with Crippen LogP contribution >= 0.6 is 0 Å². The molecule has 1 aliphatic carbocycles. The third-order valence-electron chi connectivity index (χ3n) is 3.40. The third-order valence-corrected chi connectivity index (χ3v) is 3.40. The Hall–Kier alpha value is -0.860. The molecule has 0 bridgehead atoms. The van der Waals surface area contributed by atoms with Gasteiger partial charge in [0.2, 0.25) is 0 Å². The number of likely N-dealkylation sites (N-methyl/N-ethyl adjacent to an activating group) is 1. The van der Waals surface area contributed by atoms with E-state index < -0.39 is 0 Å². The van der Waals surface area contributed by atoms with Gasteiger partial charge in [-0.3, -0.25) is 0 Å². The minimum Gasteiger partial charge on any atom is -0.387 e. The Kier molecular flexibility index (Phi) is 3.62. The first-order valence-electron chi connectivity index (χ1n) is 6.18. The maximum absolute atomic E-state index is 10.1. The number of aliphatic hydroxyl groups is 1. The highest BCUT2D eigenvalue weighted by atomic mass is 16.3. The molecule has 1 aliphatic rings. The van der Waals surface area contributed by atoms with Gasteiger partial charge in [0.1, 0.15) is 0 Å². The van der Waals surface area contributed by atoms with Gasteiger partial charge >= 0.3 is 0 Å². The van der Waals surface area contributed by atoms with Crippen LogP contribution in [0.2, 0.25) is 0 Å². The quantitative estimate of drug-likeness (QED) is 0.822. The van der Waals surface area contributed by atoms with Crippen molar-refractivity contribution in [1.82, 2.24) is 4.90 Å². The summed E-state index contributed by atoms with van der Waals surface area (Å²) in [5, 5.41) is 10.1. The van der Waals surface area contributed by atoms with Gasteiger partial charge in [0.15, 0.2) is 0 Å². The second-order valence-electron chi connectivity index (χ2n) is 4.78. The summed E-state index contributed by atoms with van der Waals surface area (Å²) in [6, 6.07) is 9.02. The van der Waals surface area contributed by atoms with Crippen molar-refractivity contribution in [3.63, 3.8) is 0 Å². The van der Waals surface area contributed by atoms with Crippen LogP contribution in [0.5, 0.6) is 0 Å². The molecule has 0 spiro atoms. The van der Waals surface area contributed by atoms with Crippen molar-refractivity contribution in [2.45, 2.75) is 38.3 Å². The van der Waals surface area contributed by atoms with E-state index in [1.54, 1.807) is 0 Å². The van der Waals surface area contributed by atoms with Crippen molar-refractivity contribution in [3.05, 3.63) is 35.4 Å². The summed E-state index contributed by atoms with van der Waals surface area (Å²) in [5.74, 6) is 0. The van der Waals surface area contributed by atoms with Crippen LogP contribution in [0.3, 0.4) is 0 Å². The first-order chi connectivity index (χ1) is 7.70. The monoisotopic (exact) mass is 219 g/mol. The Morgan fingerprint density at radius 3 is 2.44 bits per heavy atom. The third kappa shape index (κ3) is 2.83. The lowest BCUT2D eigenvalue weighted by molar-refractivity contribution is 0.123. The number of hydrogen-bond acceptors (Lipinski definition) is 2. The molecule has 1 atom stereocenters. The van der Waals surface area contributed by atoms with E-state index in [-0.39, 0.29) is 6.10 Å². The molecule has 1 unspecified atom stereocenters. The highest BCUT2D eigenvalue weighted by molar-refractivity contribution is 5.24. The maximum Gasteiger partial charge on any atom is 0.0916 e. The Balaban J connectivity index is 1.93. The highest BCUT2D eigenvalue weighted by Gasteiger charge is 2.27. The first-order valence-corrected chi connectivity index (χ1v) is 6.18. The van der Waals surface area contributed by atoms with Gasteiger partial charge in [0, 0.05) is 12.6 Å². The number of nitrogens with zero attached hydrogens (tertiary/aromatic N) is 1. The second-order valence-corrected chi connectivity index (χ2v) is 4.78. The van der Waals surface area contributed by atoms with Gasteiger partial charge in [-0.1, -0.05) is 31.2 Å². The fourth-order valence-electron chi connectivity index (χ4n) is 2.02. The molecular formula is C14H21NO. The molecule has 0 aliphatic heterocycles. The minimum absolute atomic E-state index is 0.350. The van der Waals surface area contributed by atoms with E-state index in [2.05, 4.69) is 31.0 Å². The first kappa shape index (κ1) is 11.6. The Labute approximate surface area is 97.9 Å². The molecular weight excluding hydrogens is 198 g/mol. The lowest BCUT2D eigenvalue weighted by atomic mass is 10.1. The summed E-state index contributed by atoms with van der Waals surface area (Å²) in [4.78, 5) is 2.26. The zero-order chi connectivity index (χ0) is 11.5. The summed E-state index contributed by atoms with van der Waals surface area (Å²) in [7, 11) is 2.10. The highest BCUT2D eigenvalue weighted by Crippen LogP contribution is 2.27. The molecule has 1 N–H and O–H groups in total. The molecule has 2 heteroatoms. The van der Waals surface area contributed by atoms with E-state index in [1.807, 2.05) is 12.1 Å². The maximum atomic E-state index is 10.1. The smallest absolute Gasteiger partial charge is 0.0916 e. The average Bonchev–Trinajstić information content (AvgIpc) is 3.13. The molecule has 0 saturated heterocycles. The fourth-order valence-corrected chi connectivity index (χ4v) is 2.02. The minimum atomic E-state index is -0.350. The molecule has 1 saturated carbocycles. The number of rotatable bonds is 5.